The van der Waals surface area contributed by atoms with Crippen molar-refractivity contribution in [3.8, 4) is 61.6 Å². The molecule has 16 rings (SSSR count). The second-order valence-corrected chi connectivity index (χ2v) is 22.2. The predicted molar refractivity (Wildman–Crippen MR) is 345 cm³/mol. The lowest BCUT2D eigenvalue weighted by Gasteiger charge is -2.18. The first kappa shape index (κ1) is 46.8. The van der Waals surface area contributed by atoms with Crippen LogP contribution in [0.2, 0.25) is 0 Å². The number of hydrogen-bond acceptors (Lipinski definition) is 0. The van der Waals surface area contributed by atoms with E-state index >= 15 is 0 Å². The maximum atomic E-state index is 2.48. The van der Waals surface area contributed by atoms with Gasteiger partial charge >= 0.3 is 0 Å². The van der Waals surface area contributed by atoms with Gasteiger partial charge in [0.1, 0.15) is 0 Å². The number of hydrogen-bond donors (Lipinski definition) is 0. The van der Waals surface area contributed by atoms with Gasteiger partial charge in [-0.2, -0.15) is 0 Å². The molecule has 0 unspecified atom stereocenters. The molecule has 0 spiro atoms. The Hall–Kier alpha value is -10.2. The fourth-order valence-electron chi connectivity index (χ4n) is 13.8. The van der Waals surface area contributed by atoms with Crippen LogP contribution in [0.3, 0.4) is 0 Å². The standard InChI is InChI=1S/C78H55N3/c1-48-44-75(80-69-30-16-12-22-57(69)58-23-13-17-31-70(58)80)50(3)42-65(48)54-36-40-73-67(46-54)68-47-55(66-43-51(4)76(45-49(66)2)81-71-32-18-14-24-59(71)60-25-15-19-33-72(60)81)37-41-74(68)79(73)56-38-34-53(35-39-56)78-63-28-10-8-26-61(63)77(52-20-6-5-7-21-52)62-27-9-11-29-64(62)78/h5-47H,1-4H3. The van der Waals surface area contributed by atoms with E-state index in [2.05, 4.69) is 302 Å². The Morgan fingerprint density at radius 1 is 0.210 bits per heavy atom. The maximum Gasteiger partial charge on any atom is 0.0541 e. The summed E-state index contributed by atoms with van der Waals surface area (Å²) in [5.74, 6) is 0. The fraction of sp³-hybridized carbons (Fsp3) is 0.0513. The zero-order valence-electron chi connectivity index (χ0n) is 45.7. The lowest BCUT2D eigenvalue weighted by atomic mass is 9.86. The van der Waals surface area contributed by atoms with Gasteiger partial charge in [-0.1, -0.05) is 176 Å². The molecule has 0 N–H and O–H groups in total. The Morgan fingerprint density at radius 3 is 0.901 bits per heavy atom. The second-order valence-electron chi connectivity index (χ2n) is 22.2. The van der Waals surface area contributed by atoms with Crippen LogP contribution in [0.4, 0.5) is 0 Å². The van der Waals surface area contributed by atoms with Crippen LogP contribution in [0.15, 0.2) is 261 Å². The molecule has 0 radical (unpaired) electrons. The third-order valence-electron chi connectivity index (χ3n) is 17.5. The van der Waals surface area contributed by atoms with Crippen molar-refractivity contribution in [1.82, 2.24) is 13.7 Å². The highest BCUT2D eigenvalue weighted by Gasteiger charge is 2.22. The van der Waals surface area contributed by atoms with Crippen molar-refractivity contribution in [3.63, 3.8) is 0 Å². The van der Waals surface area contributed by atoms with E-state index in [9.17, 15) is 0 Å². The van der Waals surface area contributed by atoms with Crippen molar-refractivity contribution in [3.05, 3.63) is 283 Å². The van der Waals surface area contributed by atoms with Crippen LogP contribution >= 0.6 is 0 Å². The topological polar surface area (TPSA) is 14.8 Å². The minimum absolute atomic E-state index is 1.12. The molecule has 0 atom stereocenters. The summed E-state index contributed by atoms with van der Waals surface area (Å²) in [5.41, 5.74) is 25.6. The smallest absolute Gasteiger partial charge is 0.0541 e. The SMILES string of the molecule is Cc1cc(-n2c3ccccc3c3ccccc32)c(C)cc1-c1ccc2c(c1)c1cc(-c3cc(C)c(-n4c5ccccc5c5ccccc54)cc3C)ccc1n2-c1ccc(-c2c3ccccc3c(-c3ccccc3)c3ccccc23)cc1. The molecular formula is C78H55N3. The van der Waals surface area contributed by atoms with E-state index < -0.39 is 0 Å². The third kappa shape index (κ3) is 7.15. The largest absolute Gasteiger partial charge is 0.309 e. The van der Waals surface area contributed by atoms with E-state index in [-0.39, 0.29) is 0 Å². The molecule has 382 valence electrons. The Balaban J connectivity index is 0.868. The summed E-state index contributed by atoms with van der Waals surface area (Å²) in [6.07, 6.45) is 0. The third-order valence-corrected chi connectivity index (χ3v) is 17.5. The molecule has 3 heteroatoms. The zero-order chi connectivity index (χ0) is 54.0. The highest BCUT2D eigenvalue weighted by molar-refractivity contribution is 6.22. The molecule has 0 aliphatic heterocycles. The Morgan fingerprint density at radius 2 is 0.519 bits per heavy atom. The molecule has 3 aromatic heterocycles. The number of rotatable bonds is 7. The molecule has 0 aliphatic carbocycles. The number of aromatic nitrogens is 3. The van der Waals surface area contributed by atoms with Crippen molar-refractivity contribution in [2.45, 2.75) is 27.7 Å². The molecular weight excluding hydrogens is 979 g/mol. The minimum Gasteiger partial charge on any atom is -0.309 e. The van der Waals surface area contributed by atoms with Crippen molar-refractivity contribution in [1.29, 1.82) is 0 Å². The van der Waals surface area contributed by atoms with Crippen LogP contribution in [0.5, 0.6) is 0 Å². The second kappa shape index (κ2) is 18.2. The van der Waals surface area contributed by atoms with E-state index in [1.807, 2.05) is 0 Å². The quantitative estimate of drug-likeness (QED) is 0.141. The molecule has 0 saturated carbocycles. The molecule has 81 heavy (non-hydrogen) atoms. The van der Waals surface area contributed by atoms with Gasteiger partial charge in [-0.05, 0) is 201 Å². The van der Waals surface area contributed by atoms with Gasteiger partial charge in [0, 0.05) is 49.4 Å². The molecule has 16 aromatic rings. The summed E-state index contributed by atoms with van der Waals surface area (Å²) < 4.78 is 7.37. The van der Waals surface area contributed by atoms with Crippen LogP contribution in [-0.2, 0) is 0 Å². The lowest BCUT2D eigenvalue weighted by Crippen LogP contribution is -1.99. The van der Waals surface area contributed by atoms with Crippen molar-refractivity contribution < 1.29 is 0 Å². The molecule has 3 nitrogen and oxygen atoms in total. The van der Waals surface area contributed by atoms with Crippen LogP contribution in [0.1, 0.15) is 22.3 Å². The van der Waals surface area contributed by atoms with E-state index in [1.165, 1.54) is 165 Å². The first-order chi connectivity index (χ1) is 39.9. The van der Waals surface area contributed by atoms with Crippen molar-refractivity contribution >= 4 is 87.0 Å². The Bertz CT molecular complexity index is 4870. The van der Waals surface area contributed by atoms with Crippen LogP contribution < -0.4 is 0 Å². The molecule has 0 saturated heterocycles. The van der Waals surface area contributed by atoms with Gasteiger partial charge in [0.25, 0.3) is 0 Å². The van der Waals surface area contributed by atoms with Gasteiger partial charge in [0.2, 0.25) is 0 Å². The maximum absolute atomic E-state index is 2.48. The van der Waals surface area contributed by atoms with E-state index in [1.54, 1.807) is 0 Å². The van der Waals surface area contributed by atoms with E-state index in [4.69, 9.17) is 0 Å². The monoisotopic (exact) mass is 1030 g/mol. The fourth-order valence-corrected chi connectivity index (χ4v) is 13.8. The van der Waals surface area contributed by atoms with E-state index in [0.29, 0.717) is 0 Å². The van der Waals surface area contributed by atoms with Gasteiger partial charge in [-0.15, -0.1) is 0 Å². The minimum atomic E-state index is 1.12. The molecule has 3 heterocycles. The highest BCUT2D eigenvalue weighted by Crippen LogP contribution is 2.46. The van der Waals surface area contributed by atoms with Gasteiger partial charge in [-0.3, -0.25) is 0 Å². The molecule has 0 bridgehead atoms. The summed E-state index contributed by atoms with van der Waals surface area (Å²) in [4.78, 5) is 0. The molecule has 0 fully saturated rings. The average Bonchev–Trinajstić information content (AvgIpc) is 4.24. The van der Waals surface area contributed by atoms with Crippen molar-refractivity contribution in [2.24, 2.45) is 0 Å². The first-order valence-corrected chi connectivity index (χ1v) is 28.2. The van der Waals surface area contributed by atoms with Crippen molar-refractivity contribution in [2.75, 3.05) is 0 Å². The summed E-state index contributed by atoms with van der Waals surface area (Å²) in [6, 6.07) is 97.1. The summed E-state index contributed by atoms with van der Waals surface area (Å²) in [7, 11) is 0. The Labute approximate surface area is 470 Å². The van der Waals surface area contributed by atoms with Gasteiger partial charge in [0.15, 0.2) is 0 Å². The van der Waals surface area contributed by atoms with Crippen LogP contribution in [-0.4, -0.2) is 13.7 Å². The van der Waals surface area contributed by atoms with Crippen LogP contribution in [0.25, 0.3) is 149 Å². The normalized spacial score (nSPS) is 12.0. The number of aryl methyl sites for hydroxylation is 4. The molecule has 0 aliphatic rings. The molecule has 13 aromatic carbocycles. The summed E-state index contributed by atoms with van der Waals surface area (Å²) >= 11 is 0. The predicted octanol–water partition coefficient (Wildman–Crippen LogP) is 21.2. The average molecular weight is 1030 g/mol. The molecule has 0 amide bonds. The Kier molecular flexibility index (Phi) is 10.5. The van der Waals surface area contributed by atoms with Crippen LogP contribution in [0, 0.1) is 27.7 Å². The number of nitrogens with zero attached hydrogens (tertiary/aromatic N) is 3. The van der Waals surface area contributed by atoms with Gasteiger partial charge in [-0.25, -0.2) is 0 Å². The van der Waals surface area contributed by atoms with Gasteiger partial charge in [0.05, 0.1) is 33.1 Å². The number of fused-ring (bicyclic) bond motifs is 11. The highest BCUT2D eigenvalue weighted by atomic mass is 15.0. The number of para-hydroxylation sites is 4. The van der Waals surface area contributed by atoms with E-state index in [0.717, 1.165) is 5.69 Å². The summed E-state index contributed by atoms with van der Waals surface area (Å²) in [5, 5.41) is 12.6. The number of benzene rings is 13. The zero-order valence-corrected chi connectivity index (χ0v) is 45.7. The van der Waals surface area contributed by atoms with Gasteiger partial charge < -0.3 is 13.7 Å². The lowest BCUT2D eigenvalue weighted by molar-refractivity contribution is 1.14. The first-order valence-electron chi connectivity index (χ1n) is 28.2. The summed E-state index contributed by atoms with van der Waals surface area (Å²) in [6.45, 7) is 9.08.